The van der Waals surface area contributed by atoms with Crippen LogP contribution in [0.5, 0.6) is 11.5 Å². The van der Waals surface area contributed by atoms with Crippen molar-refractivity contribution in [2.45, 2.75) is 31.6 Å². The zero-order chi connectivity index (χ0) is 25.2. The van der Waals surface area contributed by atoms with Crippen LogP contribution in [0.1, 0.15) is 35.2 Å². The number of ether oxygens (including phenoxy) is 2. The molecular formula is C26H30N6O4. The lowest BCUT2D eigenvalue weighted by molar-refractivity contribution is -0.115. The first-order valence-electron chi connectivity index (χ1n) is 12.0. The predicted octanol–water partition coefficient (Wildman–Crippen LogP) is 2.39. The molecule has 3 aliphatic rings. The minimum Gasteiger partial charge on any atom is -0.493 e. The Morgan fingerprint density at radius 3 is 2.64 bits per heavy atom. The Kier molecular flexibility index (Phi) is 6.51. The van der Waals surface area contributed by atoms with Crippen LogP contribution in [0, 0.1) is 0 Å². The normalized spacial score (nSPS) is 19.5. The Balaban J connectivity index is 1.41. The third-order valence-corrected chi connectivity index (χ3v) is 6.66. The van der Waals surface area contributed by atoms with Crippen molar-refractivity contribution in [2.24, 2.45) is 10.7 Å². The lowest BCUT2D eigenvalue weighted by Crippen LogP contribution is -2.42. The molecular weight excluding hydrogens is 460 g/mol. The minimum atomic E-state index is -0.495. The summed E-state index contributed by atoms with van der Waals surface area (Å²) in [5.74, 6) is 1.05. The number of hydrogen-bond donors (Lipinski definition) is 4. The SMILES string of the molecule is COc1ccc(NC2N=CC3=C(N2)c2cc(C(=O)N4CCC(N)CC4)ccc2NC(=O)C3)cc1OC. The summed E-state index contributed by atoms with van der Waals surface area (Å²) in [6.45, 7) is 1.29. The van der Waals surface area contributed by atoms with E-state index in [0.717, 1.165) is 35.4 Å². The lowest BCUT2D eigenvalue weighted by atomic mass is 9.99. The van der Waals surface area contributed by atoms with Crippen molar-refractivity contribution in [3.63, 3.8) is 0 Å². The van der Waals surface area contributed by atoms with Crippen LogP contribution in [0.2, 0.25) is 0 Å². The van der Waals surface area contributed by atoms with Gasteiger partial charge in [-0.1, -0.05) is 0 Å². The van der Waals surface area contributed by atoms with Crippen molar-refractivity contribution >= 4 is 35.1 Å². The molecule has 2 amide bonds. The number of carbonyl (C=O) groups excluding carboxylic acids is 2. The molecule has 0 radical (unpaired) electrons. The standard InChI is InChI=1S/C26H30N6O4/c1-35-21-6-4-18(13-22(21)36-2)29-26-28-14-16-12-23(33)30-20-5-3-15(11-19(20)24(16)31-26)25(34)32-9-7-17(27)8-10-32/h3-6,11,13-14,17,26,29,31H,7-10,12,27H2,1-2H3,(H,30,33). The van der Waals surface area contributed by atoms with Crippen molar-refractivity contribution in [3.8, 4) is 11.5 Å². The highest BCUT2D eigenvalue weighted by Gasteiger charge is 2.28. The topological polar surface area (TPSA) is 130 Å². The number of methoxy groups -OCH3 is 2. The third kappa shape index (κ3) is 4.72. The molecule has 5 N–H and O–H groups in total. The molecule has 5 rings (SSSR count). The van der Waals surface area contributed by atoms with E-state index in [2.05, 4.69) is 20.9 Å². The second-order valence-electron chi connectivity index (χ2n) is 9.05. The maximum Gasteiger partial charge on any atom is 0.253 e. The number of anilines is 2. The Labute approximate surface area is 209 Å². The number of rotatable bonds is 5. The number of carbonyl (C=O) groups is 2. The number of nitrogens with one attached hydrogen (secondary N) is 3. The highest BCUT2D eigenvalue weighted by Crippen LogP contribution is 2.34. The summed E-state index contributed by atoms with van der Waals surface area (Å²) in [5.41, 5.74) is 10.3. The number of benzene rings is 2. The van der Waals surface area contributed by atoms with Gasteiger partial charge in [0.2, 0.25) is 5.91 Å². The van der Waals surface area contributed by atoms with Crippen LogP contribution in [-0.2, 0) is 4.79 Å². The van der Waals surface area contributed by atoms with E-state index in [0.29, 0.717) is 35.8 Å². The maximum absolute atomic E-state index is 13.2. The van der Waals surface area contributed by atoms with Gasteiger partial charge >= 0.3 is 0 Å². The molecule has 1 unspecified atom stereocenters. The van der Waals surface area contributed by atoms with Crippen LogP contribution < -0.4 is 31.2 Å². The van der Waals surface area contributed by atoms with E-state index < -0.39 is 6.29 Å². The molecule has 0 aliphatic carbocycles. The fourth-order valence-electron chi connectivity index (χ4n) is 4.68. The number of amides is 2. The number of likely N-dealkylation sites (tertiary alicyclic amines) is 1. The molecule has 10 nitrogen and oxygen atoms in total. The molecule has 1 atom stereocenters. The van der Waals surface area contributed by atoms with Gasteiger partial charge in [0.25, 0.3) is 5.91 Å². The summed E-state index contributed by atoms with van der Waals surface area (Å²) >= 11 is 0. The van der Waals surface area contributed by atoms with Crippen molar-refractivity contribution in [3.05, 3.63) is 53.1 Å². The molecule has 10 heteroatoms. The number of nitrogens with two attached hydrogens (primary N) is 1. The lowest BCUT2D eigenvalue weighted by Gasteiger charge is -2.30. The molecule has 0 bridgehead atoms. The van der Waals surface area contributed by atoms with E-state index in [1.807, 2.05) is 29.2 Å². The molecule has 0 spiro atoms. The van der Waals surface area contributed by atoms with Gasteiger partial charge in [-0.2, -0.15) is 0 Å². The van der Waals surface area contributed by atoms with Gasteiger partial charge in [-0.05, 0) is 43.2 Å². The summed E-state index contributed by atoms with van der Waals surface area (Å²) in [5, 5.41) is 9.68. The van der Waals surface area contributed by atoms with E-state index >= 15 is 0 Å². The van der Waals surface area contributed by atoms with Crippen LogP contribution in [0.15, 0.2) is 47.0 Å². The Bertz CT molecular complexity index is 1250. The predicted molar refractivity (Wildman–Crippen MR) is 138 cm³/mol. The molecule has 0 aromatic heterocycles. The number of nitrogens with zero attached hydrogens (tertiary/aromatic N) is 2. The second-order valence-corrected chi connectivity index (χ2v) is 9.05. The monoisotopic (exact) mass is 490 g/mol. The molecule has 2 aromatic carbocycles. The highest BCUT2D eigenvalue weighted by atomic mass is 16.5. The van der Waals surface area contributed by atoms with Crippen molar-refractivity contribution in [1.29, 1.82) is 0 Å². The molecule has 1 saturated heterocycles. The van der Waals surface area contributed by atoms with Crippen LogP contribution in [-0.4, -0.2) is 62.6 Å². The first kappa shape index (κ1) is 23.7. The molecule has 36 heavy (non-hydrogen) atoms. The van der Waals surface area contributed by atoms with Gasteiger partial charge in [-0.15, -0.1) is 0 Å². The number of fused-ring (bicyclic) bond motifs is 2. The Morgan fingerprint density at radius 2 is 1.89 bits per heavy atom. The fraction of sp³-hybridized carbons (Fsp3) is 0.346. The van der Waals surface area contributed by atoms with Crippen molar-refractivity contribution < 1.29 is 19.1 Å². The average molecular weight is 491 g/mol. The van der Waals surface area contributed by atoms with E-state index in [4.69, 9.17) is 15.2 Å². The molecule has 188 valence electrons. The quantitative estimate of drug-likeness (QED) is 0.506. The number of aliphatic imine (C=N–C) groups is 1. The highest BCUT2D eigenvalue weighted by molar-refractivity contribution is 6.08. The van der Waals surface area contributed by atoms with Crippen LogP contribution in [0.3, 0.4) is 0 Å². The summed E-state index contributed by atoms with van der Waals surface area (Å²) in [7, 11) is 3.17. The summed E-state index contributed by atoms with van der Waals surface area (Å²) < 4.78 is 10.7. The third-order valence-electron chi connectivity index (χ3n) is 6.66. The summed E-state index contributed by atoms with van der Waals surface area (Å²) in [6.07, 6.45) is 2.98. The minimum absolute atomic E-state index is 0.0353. The van der Waals surface area contributed by atoms with Crippen molar-refractivity contribution in [1.82, 2.24) is 10.2 Å². The number of hydrogen-bond acceptors (Lipinski definition) is 8. The van der Waals surface area contributed by atoms with Gasteiger partial charge in [-0.25, -0.2) is 4.99 Å². The molecule has 3 aliphatic heterocycles. The molecule has 3 heterocycles. The molecule has 1 fully saturated rings. The summed E-state index contributed by atoms with van der Waals surface area (Å²) in [6, 6.07) is 11.0. The van der Waals surface area contributed by atoms with E-state index in [-0.39, 0.29) is 24.3 Å². The summed E-state index contributed by atoms with van der Waals surface area (Å²) in [4.78, 5) is 32.1. The zero-order valence-corrected chi connectivity index (χ0v) is 20.3. The molecule has 2 aromatic rings. The van der Waals surface area contributed by atoms with Gasteiger partial charge in [-0.3, -0.25) is 9.59 Å². The molecule has 0 saturated carbocycles. The Morgan fingerprint density at radius 1 is 1.11 bits per heavy atom. The Hall–Kier alpha value is -4.05. The van der Waals surface area contributed by atoms with E-state index in [1.54, 1.807) is 32.6 Å². The van der Waals surface area contributed by atoms with Crippen molar-refractivity contribution in [2.75, 3.05) is 37.9 Å². The van der Waals surface area contributed by atoms with Crippen LogP contribution in [0.25, 0.3) is 5.70 Å². The van der Waals surface area contributed by atoms with Gasteiger partial charge < -0.3 is 36.1 Å². The fourth-order valence-corrected chi connectivity index (χ4v) is 4.68. The first-order valence-corrected chi connectivity index (χ1v) is 12.0. The zero-order valence-electron chi connectivity index (χ0n) is 20.3. The van der Waals surface area contributed by atoms with Crippen LogP contribution >= 0.6 is 0 Å². The first-order chi connectivity index (χ1) is 17.4. The van der Waals surface area contributed by atoms with E-state index in [1.165, 1.54) is 0 Å². The van der Waals surface area contributed by atoms with Gasteiger partial charge in [0.05, 0.1) is 32.0 Å². The largest absolute Gasteiger partial charge is 0.493 e. The van der Waals surface area contributed by atoms with Gasteiger partial charge in [0.1, 0.15) is 0 Å². The smallest absolute Gasteiger partial charge is 0.253 e. The second kappa shape index (κ2) is 9.90. The maximum atomic E-state index is 13.2. The van der Waals surface area contributed by atoms with Gasteiger partial charge in [0.15, 0.2) is 17.8 Å². The van der Waals surface area contributed by atoms with Gasteiger partial charge in [0, 0.05) is 53.8 Å². The van der Waals surface area contributed by atoms with E-state index in [9.17, 15) is 9.59 Å². The van der Waals surface area contributed by atoms with Crippen LogP contribution in [0.4, 0.5) is 11.4 Å². The average Bonchev–Trinajstić information content (AvgIpc) is 3.03. The number of piperidine rings is 1.